The van der Waals surface area contributed by atoms with Crippen molar-refractivity contribution in [1.82, 2.24) is 4.90 Å². The fourth-order valence-electron chi connectivity index (χ4n) is 7.68. The van der Waals surface area contributed by atoms with Gasteiger partial charge in [0.25, 0.3) is 0 Å². The molecule has 0 aromatic carbocycles. The summed E-state index contributed by atoms with van der Waals surface area (Å²) in [5.74, 6) is 2.49. The van der Waals surface area contributed by atoms with E-state index in [1.54, 1.807) is 0 Å². The summed E-state index contributed by atoms with van der Waals surface area (Å²) in [5, 5.41) is 0. The first-order valence-electron chi connectivity index (χ1n) is 10.2. The first-order chi connectivity index (χ1) is 11.8. The fourth-order valence-corrected chi connectivity index (χ4v) is 7.68. The molecule has 3 aliphatic carbocycles. The largest absolute Gasteiger partial charge is 0.469 e. The van der Waals surface area contributed by atoms with E-state index in [4.69, 9.17) is 4.74 Å². The highest BCUT2D eigenvalue weighted by Crippen LogP contribution is 2.66. The molecule has 4 aliphatic rings. The highest BCUT2D eigenvalue weighted by Gasteiger charge is 2.62. The molecule has 0 aromatic rings. The Labute approximate surface area is 151 Å². The van der Waals surface area contributed by atoms with E-state index >= 15 is 0 Å². The molecule has 0 N–H and O–H groups in total. The molecule has 1 saturated heterocycles. The molecule has 7 atom stereocenters. The molecule has 4 nitrogen and oxygen atoms in total. The normalized spacial score (nSPS) is 49.2. The van der Waals surface area contributed by atoms with Gasteiger partial charge in [0, 0.05) is 19.5 Å². The van der Waals surface area contributed by atoms with E-state index in [-0.39, 0.29) is 22.7 Å². The van der Waals surface area contributed by atoms with Crippen LogP contribution < -0.4 is 0 Å². The van der Waals surface area contributed by atoms with Crippen LogP contribution in [0, 0.1) is 34.5 Å². The van der Waals surface area contributed by atoms with Crippen LogP contribution in [0.15, 0.2) is 0 Å². The molecule has 1 heterocycles. The van der Waals surface area contributed by atoms with Gasteiger partial charge in [-0.3, -0.25) is 9.59 Å². The first kappa shape index (κ1) is 17.4. The maximum absolute atomic E-state index is 12.3. The second-order valence-electron chi connectivity index (χ2n) is 9.68. The second kappa shape index (κ2) is 5.72. The predicted octanol–water partition coefficient (Wildman–Crippen LogP) is 3.64. The Hall–Kier alpha value is -1.06. The summed E-state index contributed by atoms with van der Waals surface area (Å²) >= 11 is 0. The minimum atomic E-state index is 0.00587. The lowest BCUT2D eigenvalue weighted by molar-refractivity contribution is -0.164. The van der Waals surface area contributed by atoms with Gasteiger partial charge in [-0.05, 0) is 73.5 Å². The van der Waals surface area contributed by atoms with Crippen molar-refractivity contribution in [2.75, 3.05) is 14.2 Å². The molecule has 4 rings (SSSR count). The van der Waals surface area contributed by atoms with Gasteiger partial charge in [-0.1, -0.05) is 13.8 Å². The molecule has 3 saturated carbocycles. The minimum Gasteiger partial charge on any atom is -0.469 e. The quantitative estimate of drug-likeness (QED) is 0.680. The van der Waals surface area contributed by atoms with Crippen molar-refractivity contribution in [2.24, 2.45) is 34.5 Å². The van der Waals surface area contributed by atoms with Crippen LogP contribution in [0.1, 0.15) is 65.2 Å². The maximum Gasteiger partial charge on any atom is 0.309 e. The average Bonchev–Trinajstić information content (AvgIpc) is 2.95. The number of esters is 1. The zero-order valence-corrected chi connectivity index (χ0v) is 16.2. The van der Waals surface area contributed by atoms with Crippen LogP contribution in [0.25, 0.3) is 0 Å². The van der Waals surface area contributed by atoms with Crippen LogP contribution >= 0.6 is 0 Å². The SMILES string of the molecule is COC(=O)C1CC[C@H]2[C@@H]3CCC4N(C)C(=O)CC[C@]4(C)[C@@H]3CC[C@]12C. The molecule has 0 radical (unpaired) electrons. The Morgan fingerprint density at radius 3 is 2.48 bits per heavy atom. The number of fused-ring (bicyclic) bond motifs is 5. The molecule has 0 aromatic heterocycles. The van der Waals surface area contributed by atoms with Crippen LogP contribution in [0.4, 0.5) is 0 Å². The van der Waals surface area contributed by atoms with Crippen molar-refractivity contribution in [2.45, 2.75) is 71.3 Å². The number of hydrogen-bond acceptors (Lipinski definition) is 3. The van der Waals surface area contributed by atoms with Gasteiger partial charge < -0.3 is 9.64 Å². The number of piperidine rings is 1. The molecule has 2 unspecified atom stereocenters. The molecule has 0 spiro atoms. The van der Waals surface area contributed by atoms with Crippen LogP contribution in [-0.2, 0) is 14.3 Å². The first-order valence-corrected chi connectivity index (χ1v) is 10.2. The number of nitrogens with zero attached hydrogens (tertiary/aromatic N) is 1. The third kappa shape index (κ3) is 2.24. The second-order valence-corrected chi connectivity index (χ2v) is 9.68. The Balaban J connectivity index is 1.62. The number of amides is 1. The van der Waals surface area contributed by atoms with Crippen molar-refractivity contribution in [1.29, 1.82) is 0 Å². The lowest BCUT2D eigenvalue weighted by atomic mass is 9.47. The summed E-state index contributed by atoms with van der Waals surface area (Å²) in [6.07, 6.45) is 8.62. The third-order valence-electron chi connectivity index (χ3n) is 9.04. The van der Waals surface area contributed by atoms with E-state index < -0.39 is 0 Å². The van der Waals surface area contributed by atoms with E-state index in [1.807, 2.05) is 7.05 Å². The molecule has 0 bridgehead atoms. The topological polar surface area (TPSA) is 46.6 Å². The zero-order valence-electron chi connectivity index (χ0n) is 16.2. The highest BCUT2D eigenvalue weighted by atomic mass is 16.5. The Morgan fingerprint density at radius 1 is 1.04 bits per heavy atom. The summed E-state index contributed by atoms with van der Waals surface area (Å²) in [4.78, 5) is 26.6. The number of ether oxygens (including phenoxy) is 1. The summed E-state index contributed by atoms with van der Waals surface area (Å²) in [6.45, 7) is 4.81. The molecule has 4 heteroatoms. The standard InChI is InChI=1S/C21H33NO3/c1-20-11-9-15-13(14(20)6-7-16(20)19(24)25-4)5-8-17-21(15,2)12-10-18(23)22(17)3/h13-17H,5-12H2,1-4H3/t13-,14-,15+,16?,17?,20-,21+/m0/s1. The van der Waals surface area contributed by atoms with Gasteiger partial charge in [0.05, 0.1) is 13.0 Å². The number of likely N-dealkylation sites (tertiary alicyclic amines) is 1. The van der Waals surface area contributed by atoms with Crippen molar-refractivity contribution >= 4 is 11.9 Å². The van der Waals surface area contributed by atoms with E-state index in [1.165, 1.54) is 26.4 Å². The smallest absolute Gasteiger partial charge is 0.309 e. The van der Waals surface area contributed by atoms with Gasteiger partial charge in [0.15, 0.2) is 0 Å². The number of rotatable bonds is 1. The van der Waals surface area contributed by atoms with Gasteiger partial charge in [-0.15, -0.1) is 0 Å². The summed E-state index contributed by atoms with van der Waals surface area (Å²) < 4.78 is 5.13. The molecule has 140 valence electrons. The number of carbonyl (C=O) groups excluding carboxylic acids is 2. The van der Waals surface area contributed by atoms with Crippen LogP contribution in [0.2, 0.25) is 0 Å². The Bertz CT molecular complexity index is 590. The highest BCUT2D eigenvalue weighted by molar-refractivity contribution is 5.77. The molecule has 25 heavy (non-hydrogen) atoms. The molecule has 4 fully saturated rings. The molecule has 1 amide bonds. The molecular formula is C21H33NO3. The van der Waals surface area contributed by atoms with Gasteiger partial charge in [0.1, 0.15) is 0 Å². The third-order valence-corrected chi connectivity index (χ3v) is 9.04. The summed E-state index contributed by atoms with van der Waals surface area (Å²) in [7, 11) is 3.55. The monoisotopic (exact) mass is 347 g/mol. The number of hydrogen-bond donors (Lipinski definition) is 0. The van der Waals surface area contributed by atoms with Gasteiger partial charge >= 0.3 is 5.97 Å². The maximum atomic E-state index is 12.3. The van der Waals surface area contributed by atoms with E-state index in [0.29, 0.717) is 30.2 Å². The average molecular weight is 347 g/mol. The Kier molecular flexibility index (Phi) is 3.97. The zero-order chi connectivity index (χ0) is 18.0. The Morgan fingerprint density at radius 2 is 1.76 bits per heavy atom. The molecular weight excluding hydrogens is 314 g/mol. The van der Waals surface area contributed by atoms with Crippen molar-refractivity contribution in [3.05, 3.63) is 0 Å². The number of carbonyl (C=O) groups is 2. The van der Waals surface area contributed by atoms with Crippen LogP contribution in [0.3, 0.4) is 0 Å². The van der Waals surface area contributed by atoms with Gasteiger partial charge in [-0.2, -0.15) is 0 Å². The van der Waals surface area contributed by atoms with Gasteiger partial charge in [0.2, 0.25) is 5.91 Å². The molecule has 1 aliphatic heterocycles. The van der Waals surface area contributed by atoms with Crippen LogP contribution in [0.5, 0.6) is 0 Å². The van der Waals surface area contributed by atoms with Crippen molar-refractivity contribution < 1.29 is 14.3 Å². The lowest BCUT2D eigenvalue weighted by Gasteiger charge is -2.61. The van der Waals surface area contributed by atoms with Crippen LogP contribution in [-0.4, -0.2) is 37.0 Å². The van der Waals surface area contributed by atoms with Gasteiger partial charge in [-0.25, -0.2) is 0 Å². The van der Waals surface area contributed by atoms with E-state index in [0.717, 1.165) is 31.6 Å². The predicted molar refractivity (Wildman–Crippen MR) is 95.7 cm³/mol. The summed E-state index contributed by atoms with van der Waals surface area (Å²) in [5.41, 5.74) is 0.379. The fraction of sp³-hybridized carbons (Fsp3) is 0.905. The summed E-state index contributed by atoms with van der Waals surface area (Å²) in [6, 6.07) is 0.414. The van der Waals surface area contributed by atoms with E-state index in [2.05, 4.69) is 18.7 Å². The van der Waals surface area contributed by atoms with Crippen molar-refractivity contribution in [3.8, 4) is 0 Å². The van der Waals surface area contributed by atoms with Crippen molar-refractivity contribution in [3.63, 3.8) is 0 Å². The number of methoxy groups -OCH3 is 1. The van der Waals surface area contributed by atoms with E-state index in [9.17, 15) is 9.59 Å². The lowest BCUT2D eigenvalue weighted by Crippen LogP contribution is -2.61. The minimum absolute atomic E-state index is 0.00587.